The second-order valence-corrected chi connectivity index (χ2v) is 6.81. The van der Waals surface area contributed by atoms with Gasteiger partial charge in [0.1, 0.15) is 0 Å². The smallest absolute Gasteiger partial charge is 0.338 e. The third-order valence-electron chi connectivity index (χ3n) is 4.47. The summed E-state index contributed by atoms with van der Waals surface area (Å²) < 4.78 is 5.27. The van der Waals surface area contributed by atoms with Crippen molar-refractivity contribution in [2.24, 2.45) is 0 Å². The Hall–Kier alpha value is -4.54. The number of para-hydroxylation sites is 1. The quantitative estimate of drug-likeness (QED) is 0.493. The molecule has 1 aliphatic heterocycles. The monoisotopic (exact) mass is 433 g/mol. The number of ether oxygens (including phenoxy) is 1. The van der Waals surface area contributed by atoms with Crippen molar-refractivity contribution in [1.29, 1.82) is 0 Å². The molecule has 2 amide bonds. The van der Waals surface area contributed by atoms with Crippen LogP contribution in [0.4, 0.5) is 23.3 Å². The first kappa shape index (κ1) is 20.7. The van der Waals surface area contributed by atoms with E-state index in [4.69, 9.17) is 10.5 Å². The van der Waals surface area contributed by atoms with Gasteiger partial charge in [0.25, 0.3) is 0 Å². The highest BCUT2D eigenvalue weighted by Crippen LogP contribution is 2.18. The van der Waals surface area contributed by atoms with E-state index in [0.717, 1.165) is 10.7 Å². The van der Waals surface area contributed by atoms with Crippen LogP contribution >= 0.6 is 0 Å². The number of rotatable bonds is 6. The third kappa shape index (κ3) is 4.95. The minimum atomic E-state index is -0.609. The molecule has 162 valence electrons. The summed E-state index contributed by atoms with van der Waals surface area (Å²) >= 11 is 0. The number of nitrogens with one attached hydrogen (secondary N) is 2. The number of aromatic nitrogens is 3. The number of nitrogen functional groups attached to an aromatic ring is 1. The number of carbonyl (C=O) groups is 3. The van der Waals surface area contributed by atoms with E-state index in [0.29, 0.717) is 5.69 Å². The molecule has 0 radical (unpaired) electrons. The van der Waals surface area contributed by atoms with E-state index in [1.807, 2.05) is 30.3 Å². The predicted molar refractivity (Wildman–Crippen MR) is 114 cm³/mol. The van der Waals surface area contributed by atoms with Gasteiger partial charge < -0.3 is 15.8 Å². The highest BCUT2D eigenvalue weighted by Gasteiger charge is 2.24. The van der Waals surface area contributed by atoms with Gasteiger partial charge in [0, 0.05) is 18.5 Å². The fourth-order valence-corrected chi connectivity index (χ4v) is 2.95. The fraction of sp³-hybridized carbons (Fsp3) is 0.143. The Kier molecular flexibility index (Phi) is 5.88. The number of hydrazine groups is 1. The number of amides is 2. The number of carbonyl (C=O) groups excluding carboxylic acids is 3. The Morgan fingerprint density at radius 3 is 2.53 bits per heavy atom. The maximum absolute atomic E-state index is 12.4. The molecule has 11 nitrogen and oxygen atoms in total. The molecular weight excluding hydrogens is 414 g/mol. The number of hydrogen-bond donors (Lipinski definition) is 3. The van der Waals surface area contributed by atoms with Crippen molar-refractivity contribution in [2.45, 2.75) is 19.4 Å². The van der Waals surface area contributed by atoms with E-state index < -0.39 is 5.97 Å². The summed E-state index contributed by atoms with van der Waals surface area (Å²) in [6.07, 6.45) is 0.287. The molecule has 3 aromatic rings. The van der Waals surface area contributed by atoms with Gasteiger partial charge in [0.2, 0.25) is 23.7 Å². The topological polar surface area (TPSA) is 152 Å². The van der Waals surface area contributed by atoms with Crippen molar-refractivity contribution in [3.05, 3.63) is 66.0 Å². The lowest BCUT2D eigenvalue weighted by Crippen LogP contribution is -2.50. The average molecular weight is 433 g/mol. The van der Waals surface area contributed by atoms with E-state index in [-0.39, 0.29) is 54.5 Å². The summed E-state index contributed by atoms with van der Waals surface area (Å²) in [5.74, 6) is -0.683. The molecule has 0 aliphatic carbocycles. The highest BCUT2D eigenvalue weighted by atomic mass is 16.5. The van der Waals surface area contributed by atoms with E-state index >= 15 is 0 Å². The molecule has 2 heterocycles. The zero-order valence-corrected chi connectivity index (χ0v) is 16.8. The molecule has 0 unspecified atom stereocenters. The van der Waals surface area contributed by atoms with Crippen LogP contribution in [0.2, 0.25) is 0 Å². The Balaban J connectivity index is 1.39. The zero-order chi connectivity index (χ0) is 22.5. The minimum Gasteiger partial charge on any atom is -0.454 e. The maximum Gasteiger partial charge on any atom is 0.338 e. The zero-order valence-electron chi connectivity index (χ0n) is 16.8. The van der Waals surface area contributed by atoms with Gasteiger partial charge in [-0.25, -0.2) is 9.80 Å². The first-order chi connectivity index (χ1) is 15.5. The van der Waals surface area contributed by atoms with Gasteiger partial charge in [0.15, 0.2) is 12.4 Å². The van der Waals surface area contributed by atoms with E-state index in [2.05, 4.69) is 25.7 Å². The number of esters is 1. The standard InChI is InChI=1S/C21H19N7O4/c22-20-24-16(25-21(26-20)23-14-4-2-1-3-5-14)12-32-19(31)13-6-8-15(9-7-13)28-18(30)11-10-17(29)27-28/h1-9H,10-12H2,(H,27,29)(H3,22,23,24,25,26). The molecule has 1 aliphatic rings. The van der Waals surface area contributed by atoms with Crippen LogP contribution in [-0.4, -0.2) is 32.7 Å². The van der Waals surface area contributed by atoms with E-state index in [1.54, 1.807) is 12.1 Å². The number of nitrogens with two attached hydrogens (primary N) is 1. The Labute approximate surface area is 182 Å². The third-order valence-corrected chi connectivity index (χ3v) is 4.47. The molecule has 32 heavy (non-hydrogen) atoms. The lowest BCUT2D eigenvalue weighted by molar-refractivity contribution is -0.130. The second-order valence-electron chi connectivity index (χ2n) is 6.81. The van der Waals surface area contributed by atoms with Crippen LogP contribution < -0.4 is 21.5 Å². The fourth-order valence-electron chi connectivity index (χ4n) is 2.95. The van der Waals surface area contributed by atoms with Gasteiger partial charge in [-0.2, -0.15) is 15.0 Å². The summed E-state index contributed by atoms with van der Waals surface area (Å²) in [5.41, 5.74) is 9.70. The van der Waals surface area contributed by atoms with Crippen LogP contribution in [0, 0.1) is 0 Å². The van der Waals surface area contributed by atoms with Crippen molar-refractivity contribution >= 4 is 41.1 Å². The SMILES string of the molecule is Nc1nc(COC(=O)c2ccc(N3NC(=O)CCC3=O)cc2)nc(Nc2ccccc2)n1. The molecule has 4 N–H and O–H groups in total. The lowest BCUT2D eigenvalue weighted by atomic mass is 10.2. The van der Waals surface area contributed by atoms with Crippen LogP contribution in [0.15, 0.2) is 54.6 Å². The molecule has 2 aromatic carbocycles. The van der Waals surface area contributed by atoms with Crippen LogP contribution in [0.25, 0.3) is 0 Å². The second kappa shape index (κ2) is 9.08. The largest absolute Gasteiger partial charge is 0.454 e. The highest BCUT2D eigenvalue weighted by molar-refractivity contribution is 6.01. The molecule has 0 spiro atoms. The number of hydrogen-bond acceptors (Lipinski definition) is 9. The Morgan fingerprint density at radius 2 is 1.78 bits per heavy atom. The number of anilines is 4. The molecule has 0 bridgehead atoms. The number of benzene rings is 2. The Bertz CT molecular complexity index is 1150. The first-order valence-corrected chi connectivity index (χ1v) is 9.70. The molecule has 1 saturated heterocycles. The van der Waals surface area contributed by atoms with Gasteiger partial charge in [-0.1, -0.05) is 18.2 Å². The summed E-state index contributed by atoms with van der Waals surface area (Å²) in [5, 5.41) is 4.17. The van der Waals surface area contributed by atoms with Crippen molar-refractivity contribution in [1.82, 2.24) is 20.4 Å². The van der Waals surface area contributed by atoms with Crippen molar-refractivity contribution in [3.63, 3.8) is 0 Å². The van der Waals surface area contributed by atoms with E-state index in [9.17, 15) is 14.4 Å². The van der Waals surface area contributed by atoms with Crippen LogP contribution in [-0.2, 0) is 20.9 Å². The van der Waals surface area contributed by atoms with Crippen LogP contribution in [0.3, 0.4) is 0 Å². The summed E-state index contributed by atoms with van der Waals surface area (Å²) in [4.78, 5) is 48.1. The van der Waals surface area contributed by atoms with Gasteiger partial charge >= 0.3 is 5.97 Å². The molecule has 0 atom stereocenters. The normalized spacial score (nSPS) is 13.4. The predicted octanol–water partition coefficient (Wildman–Crippen LogP) is 1.71. The Morgan fingerprint density at radius 1 is 1.03 bits per heavy atom. The van der Waals surface area contributed by atoms with Gasteiger partial charge in [-0.05, 0) is 36.4 Å². The molecule has 1 aromatic heterocycles. The van der Waals surface area contributed by atoms with E-state index in [1.165, 1.54) is 12.1 Å². The summed E-state index contributed by atoms with van der Waals surface area (Å²) in [7, 11) is 0. The molecule has 0 saturated carbocycles. The van der Waals surface area contributed by atoms with Crippen molar-refractivity contribution in [2.75, 3.05) is 16.1 Å². The average Bonchev–Trinajstić information content (AvgIpc) is 2.79. The molecule has 11 heteroatoms. The van der Waals surface area contributed by atoms with Crippen LogP contribution in [0.1, 0.15) is 29.0 Å². The first-order valence-electron chi connectivity index (χ1n) is 9.70. The van der Waals surface area contributed by atoms with Gasteiger partial charge in [-0.3, -0.25) is 15.0 Å². The molecule has 4 rings (SSSR count). The number of nitrogens with zero attached hydrogens (tertiary/aromatic N) is 4. The van der Waals surface area contributed by atoms with Gasteiger partial charge in [-0.15, -0.1) is 0 Å². The maximum atomic E-state index is 12.4. The van der Waals surface area contributed by atoms with Crippen molar-refractivity contribution < 1.29 is 19.1 Å². The molecular formula is C21H19N7O4. The lowest BCUT2D eigenvalue weighted by Gasteiger charge is -2.27. The minimum absolute atomic E-state index is 0.0120. The summed E-state index contributed by atoms with van der Waals surface area (Å²) in [6, 6.07) is 15.4. The molecule has 1 fully saturated rings. The van der Waals surface area contributed by atoms with Gasteiger partial charge in [0.05, 0.1) is 11.3 Å². The van der Waals surface area contributed by atoms with Crippen molar-refractivity contribution in [3.8, 4) is 0 Å². The van der Waals surface area contributed by atoms with Crippen LogP contribution in [0.5, 0.6) is 0 Å². The summed E-state index contributed by atoms with van der Waals surface area (Å²) in [6.45, 7) is -0.211.